The molecule has 1 aromatic rings. The summed E-state index contributed by atoms with van der Waals surface area (Å²) >= 11 is -0.799. The number of benzene rings is 1. The van der Waals surface area contributed by atoms with E-state index in [1.54, 1.807) is 7.05 Å². The van der Waals surface area contributed by atoms with Gasteiger partial charge >= 0.3 is 0 Å². The predicted octanol–water partition coefficient (Wildman–Crippen LogP) is 1.58. The normalized spacial score (nSPS) is 13.0. The van der Waals surface area contributed by atoms with Crippen LogP contribution in [0.2, 0.25) is 0 Å². The quantitative estimate of drug-likeness (QED) is 0.660. The molecule has 1 rings (SSSR count). The topological polar surface area (TPSA) is 32.3 Å². The van der Waals surface area contributed by atoms with Crippen molar-refractivity contribution in [3.05, 3.63) is 29.8 Å². The molecule has 0 saturated carbocycles. The number of hydrogen-bond donors (Lipinski definition) is 2. The van der Waals surface area contributed by atoms with Crippen LogP contribution in [-0.2, 0) is 11.4 Å². The van der Waals surface area contributed by atoms with Crippen LogP contribution in [0.4, 0.5) is 0 Å². The van der Waals surface area contributed by atoms with Gasteiger partial charge in [-0.1, -0.05) is 17.7 Å². The Balaban J connectivity index is 2.81. The highest BCUT2D eigenvalue weighted by Gasteiger charge is 2.15. The summed E-state index contributed by atoms with van der Waals surface area (Å²) in [6.07, 6.45) is 0. The Bertz CT molecular complexity index is 222. The van der Waals surface area contributed by atoms with E-state index in [0.29, 0.717) is 0 Å². The van der Waals surface area contributed by atoms with E-state index in [1.165, 1.54) is 5.56 Å². The second-order valence-electron chi connectivity index (χ2n) is 2.30. The Morgan fingerprint density at radius 1 is 1.27 bits per heavy atom. The molecule has 0 saturated heterocycles. The van der Waals surface area contributed by atoms with Gasteiger partial charge in [0.25, 0.3) is 11.4 Å². The van der Waals surface area contributed by atoms with Crippen LogP contribution in [-0.4, -0.2) is 11.6 Å². The average Bonchev–Trinajstić information content (AvgIpc) is 2.05. The van der Waals surface area contributed by atoms with E-state index in [9.17, 15) is 4.55 Å². The average molecular weight is 170 g/mol. The van der Waals surface area contributed by atoms with Crippen molar-refractivity contribution in [2.24, 2.45) is 0 Å². The molecule has 3 heteroatoms. The van der Waals surface area contributed by atoms with Gasteiger partial charge in [0.2, 0.25) is 4.90 Å². The molecule has 0 fully saturated rings. The number of rotatable bonds is 2. The fourth-order valence-corrected chi connectivity index (χ4v) is 1.41. The summed E-state index contributed by atoms with van der Waals surface area (Å²) in [5.74, 6) is 0. The zero-order chi connectivity index (χ0) is 8.27. The summed E-state index contributed by atoms with van der Waals surface area (Å²) in [7, 11) is 1.74. The summed E-state index contributed by atoms with van der Waals surface area (Å²) in [6.45, 7) is 2.03. The van der Waals surface area contributed by atoms with Gasteiger partial charge in [0.05, 0.1) is 0 Å². The van der Waals surface area contributed by atoms with E-state index in [0.717, 1.165) is 4.90 Å². The van der Waals surface area contributed by atoms with Crippen LogP contribution in [0.1, 0.15) is 5.56 Å². The molecule has 0 aliphatic rings. The molecular weight excluding hydrogens is 158 g/mol. The highest BCUT2D eigenvalue weighted by molar-refractivity contribution is 7.89. The number of nitrogens with one attached hydrogen (secondary N) is 1. The molecule has 60 valence electrons. The first-order valence-electron chi connectivity index (χ1n) is 3.41. The Morgan fingerprint density at radius 2 is 1.82 bits per heavy atom. The van der Waals surface area contributed by atoms with Gasteiger partial charge in [-0.25, -0.2) is 0 Å². The van der Waals surface area contributed by atoms with Gasteiger partial charge in [0.15, 0.2) is 0 Å². The third-order valence-electron chi connectivity index (χ3n) is 1.44. The molecule has 1 atom stereocenters. The summed E-state index contributed by atoms with van der Waals surface area (Å²) in [5.41, 5.74) is 1.21. The van der Waals surface area contributed by atoms with Gasteiger partial charge < -0.3 is 0 Å². The lowest BCUT2D eigenvalue weighted by molar-refractivity contribution is 0.629. The third kappa shape index (κ3) is 2.22. The van der Waals surface area contributed by atoms with Crippen LogP contribution < -0.4 is 4.72 Å². The summed E-state index contributed by atoms with van der Waals surface area (Å²) in [4.78, 5) is 0.929. The highest BCUT2D eigenvalue weighted by Crippen LogP contribution is 2.08. The largest absolute Gasteiger partial charge is 0.275 e. The Labute approximate surface area is 69.9 Å². The fourth-order valence-electron chi connectivity index (χ4n) is 0.785. The van der Waals surface area contributed by atoms with Gasteiger partial charge in [-0.05, 0) is 19.1 Å². The fraction of sp³-hybridized carbons (Fsp3) is 0.250. The minimum atomic E-state index is -0.799. The van der Waals surface area contributed by atoms with E-state index >= 15 is 0 Å². The van der Waals surface area contributed by atoms with Gasteiger partial charge in [-0.15, -0.1) is 4.72 Å². The molecule has 1 aromatic carbocycles. The van der Waals surface area contributed by atoms with Crippen LogP contribution >= 0.6 is 0 Å². The Kier molecular flexibility index (Phi) is 2.93. The molecule has 0 heterocycles. The van der Waals surface area contributed by atoms with Crippen LogP contribution in [0.5, 0.6) is 0 Å². The molecule has 2 nitrogen and oxygen atoms in total. The van der Waals surface area contributed by atoms with Crippen molar-refractivity contribution in [3.8, 4) is 0 Å². The first-order chi connectivity index (χ1) is 5.24. The smallest absolute Gasteiger partial charge is 0.162 e. The molecule has 0 radical (unpaired) electrons. The van der Waals surface area contributed by atoms with Crippen molar-refractivity contribution < 1.29 is 4.55 Å². The van der Waals surface area contributed by atoms with Crippen molar-refractivity contribution in [1.29, 1.82) is 0 Å². The molecule has 0 bridgehead atoms. The van der Waals surface area contributed by atoms with Crippen LogP contribution in [0.25, 0.3) is 0 Å². The van der Waals surface area contributed by atoms with Crippen molar-refractivity contribution in [2.45, 2.75) is 11.8 Å². The van der Waals surface area contributed by atoms with E-state index in [2.05, 4.69) is 4.72 Å². The molecule has 1 unspecified atom stereocenters. The van der Waals surface area contributed by atoms with Gasteiger partial charge in [-0.3, -0.25) is 0 Å². The Morgan fingerprint density at radius 3 is 2.27 bits per heavy atom. The molecule has 0 spiro atoms. The molecule has 11 heavy (non-hydrogen) atoms. The first kappa shape index (κ1) is 8.59. The third-order valence-corrected chi connectivity index (χ3v) is 2.54. The summed E-state index contributed by atoms with van der Waals surface area (Å²) < 4.78 is 12.1. The minimum absolute atomic E-state index is 0.799. The maximum absolute atomic E-state index is 9.34. The molecule has 0 aromatic heterocycles. The maximum atomic E-state index is 9.34. The van der Waals surface area contributed by atoms with E-state index in [1.807, 2.05) is 31.2 Å². The Hall–Kier alpha value is -0.510. The van der Waals surface area contributed by atoms with Gasteiger partial charge in [-0.2, -0.15) is 4.55 Å². The van der Waals surface area contributed by atoms with E-state index in [4.69, 9.17) is 0 Å². The lowest BCUT2D eigenvalue weighted by Gasteiger charge is -1.95. The van der Waals surface area contributed by atoms with Crippen molar-refractivity contribution in [3.63, 3.8) is 0 Å². The second kappa shape index (κ2) is 3.76. The summed E-state index contributed by atoms with van der Waals surface area (Å²) in [5, 5.41) is 0. The zero-order valence-electron chi connectivity index (χ0n) is 6.66. The molecular formula is C8H12NOS+. The van der Waals surface area contributed by atoms with Crippen molar-refractivity contribution >= 4 is 11.4 Å². The molecule has 2 N–H and O–H groups in total. The maximum Gasteiger partial charge on any atom is 0.275 e. The lowest BCUT2D eigenvalue weighted by atomic mass is 10.2. The van der Waals surface area contributed by atoms with Gasteiger partial charge in [0, 0.05) is 7.05 Å². The van der Waals surface area contributed by atoms with Crippen molar-refractivity contribution in [1.82, 2.24) is 4.72 Å². The van der Waals surface area contributed by atoms with Gasteiger partial charge in [0.1, 0.15) is 0 Å². The summed E-state index contributed by atoms with van der Waals surface area (Å²) in [6, 6.07) is 7.83. The number of hydrogen-bond acceptors (Lipinski definition) is 2. The van der Waals surface area contributed by atoms with Crippen LogP contribution in [0, 0.1) is 6.92 Å². The first-order valence-corrected chi connectivity index (χ1v) is 4.59. The lowest BCUT2D eigenvalue weighted by Crippen LogP contribution is -2.17. The molecule has 0 aliphatic carbocycles. The van der Waals surface area contributed by atoms with Crippen LogP contribution in [0.15, 0.2) is 29.2 Å². The monoisotopic (exact) mass is 170 g/mol. The SMILES string of the molecule is CN[S+](O)c1ccc(C)cc1. The highest BCUT2D eigenvalue weighted by atomic mass is 32.2. The second-order valence-corrected chi connectivity index (χ2v) is 3.75. The van der Waals surface area contributed by atoms with E-state index in [-0.39, 0.29) is 0 Å². The minimum Gasteiger partial charge on any atom is -0.162 e. The van der Waals surface area contributed by atoms with E-state index < -0.39 is 11.4 Å². The van der Waals surface area contributed by atoms with Crippen LogP contribution in [0.3, 0.4) is 0 Å². The predicted molar refractivity (Wildman–Crippen MR) is 48.5 cm³/mol. The van der Waals surface area contributed by atoms with Crippen molar-refractivity contribution in [2.75, 3.05) is 7.05 Å². The number of aryl methyl sites for hydroxylation is 1. The molecule has 0 amide bonds. The standard InChI is InChI=1S/C8H12NOS/c1-7-3-5-8(6-4-7)11(10)9-2/h3-6,9-10H,1-2H3/q+1. The zero-order valence-corrected chi connectivity index (χ0v) is 7.48. The molecule has 0 aliphatic heterocycles.